The van der Waals surface area contributed by atoms with Gasteiger partial charge in [-0.3, -0.25) is 9.59 Å². The van der Waals surface area contributed by atoms with E-state index in [-0.39, 0.29) is 26.1 Å². The lowest BCUT2D eigenvalue weighted by molar-refractivity contribution is -0.137. The average Bonchev–Trinajstić information content (AvgIpc) is 2.69. The molecule has 0 spiro atoms. The van der Waals surface area contributed by atoms with E-state index in [0.29, 0.717) is 25.5 Å². The van der Waals surface area contributed by atoms with Crippen molar-refractivity contribution in [3.05, 3.63) is 58.7 Å². The first-order valence-electron chi connectivity index (χ1n) is 9.82. The van der Waals surface area contributed by atoms with E-state index in [1.54, 1.807) is 13.8 Å². The summed E-state index contributed by atoms with van der Waals surface area (Å²) in [6, 6.07) is 2.94. The lowest BCUT2D eigenvalue weighted by Crippen LogP contribution is -2.36. The quantitative estimate of drug-likeness (QED) is 0.481. The number of hydrogen-bond donors (Lipinski definition) is 1. The lowest BCUT2D eigenvalue weighted by Gasteiger charge is -2.15. The molecule has 0 aliphatic rings. The van der Waals surface area contributed by atoms with Crippen molar-refractivity contribution in [2.75, 3.05) is 19.8 Å². The summed E-state index contributed by atoms with van der Waals surface area (Å²) in [5.74, 6) is -0.654. The van der Waals surface area contributed by atoms with Crippen LogP contribution in [0.1, 0.15) is 47.2 Å². The molecular formula is C22H32F3N3O3. The molecule has 1 aromatic carbocycles. The molecule has 1 heterocycles. The molecule has 174 valence electrons. The number of amides is 1. The minimum atomic E-state index is -4.52. The Hall–Kier alpha value is -2.90. The minimum Gasteiger partial charge on any atom is -0.380 e. The summed E-state index contributed by atoms with van der Waals surface area (Å²) in [4.78, 5) is 24.7. The van der Waals surface area contributed by atoms with E-state index in [0.717, 1.165) is 29.3 Å². The van der Waals surface area contributed by atoms with Gasteiger partial charge in [-0.15, -0.1) is 5.73 Å². The van der Waals surface area contributed by atoms with Gasteiger partial charge < -0.3 is 10.1 Å². The first kappa shape index (κ1) is 26.1. The molecule has 0 saturated heterocycles. The van der Waals surface area contributed by atoms with Gasteiger partial charge in [-0.05, 0) is 30.5 Å². The molecule has 31 heavy (non-hydrogen) atoms. The molecule has 1 N–H and O–H groups in total. The number of nitrogens with zero attached hydrogens (tertiary/aromatic N) is 2. The van der Waals surface area contributed by atoms with Crippen LogP contribution < -0.4 is 10.9 Å². The fraction of sp³-hybridized carbons (Fsp3) is 0.455. The van der Waals surface area contributed by atoms with Crippen LogP contribution in [0.5, 0.6) is 0 Å². The maximum Gasteiger partial charge on any atom is 0.416 e. The zero-order chi connectivity index (χ0) is 23.6. The molecule has 0 saturated carbocycles. The molecule has 2 aromatic rings. The summed E-state index contributed by atoms with van der Waals surface area (Å²) in [6.07, 6.45) is -3.64. The molecule has 0 bridgehead atoms. The van der Waals surface area contributed by atoms with Gasteiger partial charge in [0, 0.05) is 21.4 Å². The summed E-state index contributed by atoms with van der Waals surface area (Å²) in [6.45, 7) is 12.7. The molecule has 0 unspecified atom stereocenters. The predicted molar refractivity (Wildman–Crippen MR) is 118 cm³/mol. The fourth-order valence-corrected chi connectivity index (χ4v) is 2.72. The number of aromatic nitrogens is 2. The van der Waals surface area contributed by atoms with Gasteiger partial charge in [-0.2, -0.15) is 18.3 Å². The number of halogens is 3. The number of ether oxygens (including phenoxy) is 1. The first-order chi connectivity index (χ1) is 14.6. The van der Waals surface area contributed by atoms with Crippen LogP contribution in [0.25, 0.3) is 10.8 Å². The van der Waals surface area contributed by atoms with Crippen LogP contribution in [0, 0.1) is 0 Å². The van der Waals surface area contributed by atoms with Crippen molar-refractivity contribution in [2.24, 2.45) is 0 Å². The molecule has 0 atom stereocenters. The van der Waals surface area contributed by atoms with Gasteiger partial charge in [0.05, 0.1) is 23.3 Å². The second-order valence-electron chi connectivity index (χ2n) is 6.97. The second kappa shape index (κ2) is 12.1. The summed E-state index contributed by atoms with van der Waals surface area (Å²) < 4.78 is 45.3. The van der Waals surface area contributed by atoms with Crippen molar-refractivity contribution in [1.29, 1.82) is 0 Å². The standard InChI is InChI=1S/C19H24F3N3O3.C3H4.2H2/c1-4-8-28-9-7-23-16(26)11-25-18(27)14-6-5-13(19(20,21)22)10-15(14)17(24-25)12(2)3;1-3-2;;/h5-6,10,12H,4,7-9,11H2,1-3H3,(H,23,26);1-2H2;2*1H. The van der Waals surface area contributed by atoms with Gasteiger partial charge in [-0.1, -0.05) is 33.9 Å². The second-order valence-corrected chi connectivity index (χ2v) is 6.97. The molecule has 0 aliphatic heterocycles. The van der Waals surface area contributed by atoms with Crippen LogP contribution in [0.15, 0.2) is 41.9 Å². The Morgan fingerprint density at radius 3 is 2.48 bits per heavy atom. The van der Waals surface area contributed by atoms with Gasteiger partial charge in [0.15, 0.2) is 0 Å². The number of carbonyl (C=O) groups is 1. The number of alkyl halides is 3. The van der Waals surface area contributed by atoms with Crippen molar-refractivity contribution in [3.63, 3.8) is 0 Å². The average molecular weight is 444 g/mol. The fourth-order valence-electron chi connectivity index (χ4n) is 2.72. The van der Waals surface area contributed by atoms with E-state index in [9.17, 15) is 22.8 Å². The Bertz CT molecular complexity index is 986. The molecular weight excluding hydrogens is 411 g/mol. The van der Waals surface area contributed by atoms with Gasteiger partial charge >= 0.3 is 6.18 Å². The van der Waals surface area contributed by atoms with Crippen molar-refractivity contribution < 1.29 is 25.6 Å². The number of fused-ring (bicyclic) bond motifs is 1. The zero-order valence-electron chi connectivity index (χ0n) is 18.0. The van der Waals surface area contributed by atoms with Crippen LogP contribution >= 0.6 is 0 Å². The highest BCUT2D eigenvalue weighted by Crippen LogP contribution is 2.32. The molecule has 0 aliphatic carbocycles. The van der Waals surface area contributed by atoms with Crippen LogP contribution in [0.2, 0.25) is 0 Å². The number of carbonyl (C=O) groups excluding carboxylic acids is 1. The van der Waals surface area contributed by atoms with Gasteiger partial charge in [-0.25, -0.2) is 4.68 Å². The first-order valence-corrected chi connectivity index (χ1v) is 9.82. The smallest absolute Gasteiger partial charge is 0.380 e. The number of benzene rings is 1. The van der Waals surface area contributed by atoms with E-state index in [4.69, 9.17) is 4.74 Å². The molecule has 9 heteroatoms. The van der Waals surface area contributed by atoms with Gasteiger partial charge in [0.25, 0.3) is 5.56 Å². The van der Waals surface area contributed by atoms with Crippen LogP contribution in [-0.4, -0.2) is 35.4 Å². The number of nitrogens with one attached hydrogen (secondary N) is 1. The Morgan fingerprint density at radius 1 is 1.29 bits per heavy atom. The van der Waals surface area contributed by atoms with E-state index in [1.165, 1.54) is 0 Å². The van der Waals surface area contributed by atoms with E-state index in [1.807, 2.05) is 6.92 Å². The normalized spacial score (nSPS) is 11.1. The molecule has 0 fully saturated rings. The highest BCUT2D eigenvalue weighted by Gasteiger charge is 2.31. The van der Waals surface area contributed by atoms with Crippen molar-refractivity contribution >= 4 is 16.7 Å². The summed E-state index contributed by atoms with van der Waals surface area (Å²) in [5.41, 5.74) is 1.14. The third kappa shape index (κ3) is 7.70. The SMILES string of the molecule is C=C=C.CCCOCCNC(=O)Cn1nc(C(C)C)c2cc(C(F)(F)F)ccc2c1=O.[HH].[HH]. The van der Waals surface area contributed by atoms with Crippen molar-refractivity contribution in [2.45, 2.75) is 45.8 Å². The van der Waals surface area contributed by atoms with Crippen LogP contribution in [0.4, 0.5) is 13.2 Å². The van der Waals surface area contributed by atoms with Gasteiger partial charge in [0.1, 0.15) is 6.54 Å². The molecule has 1 amide bonds. The summed E-state index contributed by atoms with van der Waals surface area (Å²) >= 11 is 0. The Kier molecular flexibility index (Phi) is 10.2. The third-order valence-corrected chi connectivity index (χ3v) is 4.07. The van der Waals surface area contributed by atoms with E-state index in [2.05, 4.69) is 29.3 Å². The highest BCUT2D eigenvalue weighted by atomic mass is 19.4. The molecule has 0 radical (unpaired) electrons. The predicted octanol–water partition coefficient (Wildman–Crippen LogP) is 4.53. The topological polar surface area (TPSA) is 73.2 Å². The molecule has 6 nitrogen and oxygen atoms in total. The lowest BCUT2D eigenvalue weighted by atomic mass is 10.0. The van der Waals surface area contributed by atoms with Gasteiger partial charge in [0.2, 0.25) is 5.91 Å². The Labute approximate surface area is 182 Å². The Balaban J connectivity index is 0. The largest absolute Gasteiger partial charge is 0.416 e. The maximum atomic E-state index is 13.0. The third-order valence-electron chi connectivity index (χ3n) is 4.07. The Morgan fingerprint density at radius 2 is 1.94 bits per heavy atom. The van der Waals surface area contributed by atoms with Crippen molar-refractivity contribution in [1.82, 2.24) is 15.1 Å². The van der Waals surface area contributed by atoms with Crippen LogP contribution in [-0.2, 0) is 22.3 Å². The minimum absolute atomic E-state index is 0. The monoisotopic (exact) mass is 443 g/mol. The summed E-state index contributed by atoms with van der Waals surface area (Å²) in [5, 5.41) is 7.05. The molecule has 1 aromatic heterocycles. The zero-order valence-corrected chi connectivity index (χ0v) is 18.0. The van der Waals surface area contributed by atoms with E-state index < -0.39 is 23.2 Å². The van der Waals surface area contributed by atoms with Crippen molar-refractivity contribution in [3.8, 4) is 0 Å². The summed E-state index contributed by atoms with van der Waals surface area (Å²) in [7, 11) is 0. The number of hydrogen-bond acceptors (Lipinski definition) is 4. The van der Waals surface area contributed by atoms with E-state index >= 15 is 0 Å². The number of rotatable bonds is 8. The maximum absolute atomic E-state index is 13.0. The molecule has 2 rings (SSSR count). The highest BCUT2D eigenvalue weighted by molar-refractivity contribution is 5.85. The van der Waals surface area contributed by atoms with Crippen LogP contribution in [0.3, 0.4) is 0 Å².